The molecule has 108 valence electrons. The fourth-order valence-electron chi connectivity index (χ4n) is 1.63. The first kappa shape index (κ1) is 15.1. The lowest BCUT2D eigenvalue weighted by molar-refractivity contribution is -0.118. The van der Waals surface area contributed by atoms with Crippen LogP contribution in [0.3, 0.4) is 0 Å². The molecule has 0 aromatic carbocycles. The van der Waals surface area contributed by atoms with Gasteiger partial charge in [-0.15, -0.1) is 21.5 Å². The monoisotopic (exact) mass is 310 g/mol. The summed E-state index contributed by atoms with van der Waals surface area (Å²) in [4.78, 5) is 13.0. The van der Waals surface area contributed by atoms with Crippen LogP contribution in [0.4, 0.5) is 0 Å². The number of amides is 1. The lowest BCUT2D eigenvalue weighted by Crippen LogP contribution is -2.24. The quantitative estimate of drug-likeness (QED) is 0.833. The second-order valence-corrected chi connectivity index (χ2v) is 6.65. The molecule has 2 aromatic rings. The smallest absolute Gasteiger partial charge is 0.230 e. The van der Waals surface area contributed by atoms with Gasteiger partial charge in [0.2, 0.25) is 5.91 Å². The first-order valence-corrected chi connectivity index (χ1v) is 8.26. The Balaban J connectivity index is 1.80. The largest absolute Gasteiger partial charge is 0.350 e. The van der Waals surface area contributed by atoms with Gasteiger partial charge in [-0.3, -0.25) is 4.79 Å². The topological polar surface area (TPSA) is 59.8 Å². The lowest BCUT2D eigenvalue weighted by Gasteiger charge is -2.09. The summed E-state index contributed by atoms with van der Waals surface area (Å²) >= 11 is 3.08. The molecule has 1 N–H and O–H groups in total. The van der Waals surface area contributed by atoms with E-state index in [0.717, 1.165) is 5.16 Å². The van der Waals surface area contributed by atoms with Gasteiger partial charge in [0.1, 0.15) is 6.33 Å². The summed E-state index contributed by atoms with van der Waals surface area (Å²) in [5, 5.41) is 13.7. The van der Waals surface area contributed by atoms with E-state index in [4.69, 9.17) is 0 Å². The van der Waals surface area contributed by atoms with Gasteiger partial charge in [0.05, 0.1) is 12.3 Å². The van der Waals surface area contributed by atoms with Crippen molar-refractivity contribution in [3.8, 4) is 0 Å². The van der Waals surface area contributed by atoms with Crippen LogP contribution < -0.4 is 5.32 Å². The van der Waals surface area contributed by atoms with E-state index in [-0.39, 0.29) is 5.91 Å². The molecule has 0 aliphatic heterocycles. The van der Waals surface area contributed by atoms with Crippen LogP contribution >= 0.6 is 23.1 Å². The number of carbonyl (C=O) groups is 1. The highest BCUT2D eigenvalue weighted by molar-refractivity contribution is 7.99. The van der Waals surface area contributed by atoms with Crippen molar-refractivity contribution in [2.24, 2.45) is 0 Å². The van der Waals surface area contributed by atoms with Gasteiger partial charge < -0.3 is 9.88 Å². The molecule has 7 heteroatoms. The summed E-state index contributed by atoms with van der Waals surface area (Å²) in [5.74, 6) is 0.372. The van der Waals surface area contributed by atoms with Gasteiger partial charge in [-0.2, -0.15) is 0 Å². The minimum absolute atomic E-state index is 0.0149. The van der Waals surface area contributed by atoms with Crippen molar-refractivity contribution in [2.75, 3.05) is 5.75 Å². The third kappa shape index (κ3) is 3.83. The van der Waals surface area contributed by atoms with Crippen LogP contribution in [0, 0.1) is 6.92 Å². The maximum absolute atomic E-state index is 11.8. The van der Waals surface area contributed by atoms with Crippen molar-refractivity contribution in [1.29, 1.82) is 0 Å². The Morgan fingerprint density at radius 2 is 2.35 bits per heavy atom. The first-order valence-electron chi connectivity index (χ1n) is 6.40. The molecular weight excluding hydrogens is 292 g/mol. The minimum atomic E-state index is 0.0149. The number of aryl methyl sites for hydroxylation is 1. The summed E-state index contributed by atoms with van der Waals surface area (Å²) in [6.07, 6.45) is 1.69. The maximum atomic E-state index is 11.8. The van der Waals surface area contributed by atoms with E-state index in [9.17, 15) is 4.79 Å². The zero-order valence-electron chi connectivity index (χ0n) is 11.8. The Labute approximate surface area is 126 Å². The van der Waals surface area contributed by atoms with Gasteiger partial charge in [0.15, 0.2) is 5.16 Å². The molecular formula is C13H18N4OS2. The molecule has 2 heterocycles. The summed E-state index contributed by atoms with van der Waals surface area (Å²) in [6, 6.07) is 2.36. The van der Waals surface area contributed by atoms with E-state index in [0.29, 0.717) is 18.3 Å². The molecule has 0 unspecified atom stereocenters. The summed E-state index contributed by atoms with van der Waals surface area (Å²) in [7, 11) is 0. The molecule has 1 amide bonds. The Morgan fingerprint density at radius 1 is 1.55 bits per heavy atom. The van der Waals surface area contributed by atoms with Gasteiger partial charge in [-0.1, -0.05) is 11.8 Å². The maximum Gasteiger partial charge on any atom is 0.230 e. The number of hydrogen-bond donors (Lipinski definition) is 1. The molecule has 0 saturated carbocycles. The zero-order chi connectivity index (χ0) is 14.5. The van der Waals surface area contributed by atoms with Crippen LogP contribution in [0.15, 0.2) is 22.9 Å². The Morgan fingerprint density at radius 3 is 3.00 bits per heavy atom. The Kier molecular flexibility index (Phi) is 5.19. The van der Waals surface area contributed by atoms with E-state index in [1.165, 1.54) is 22.2 Å². The number of nitrogens with one attached hydrogen (secondary N) is 1. The summed E-state index contributed by atoms with van der Waals surface area (Å²) < 4.78 is 1.96. The van der Waals surface area contributed by atoms with Gasteiger partial charge in [0.25, 0.3) is 0 Å². The molecule has 20 heavy (non-hydrogen) atoms. The standard InChI is InChI=1S/C13H18N4OS2/c1-9(2)17-8-15-16-13(17)20-7-12(18)14-6-11-10(3)4-5-19-11/h4-5,8-9H,6-7H2,1-3H3,(H,14,18). The molecule has 0 saturated heterocycles. The van der Waals surface area contributed by atoms with Gasteiger partial charge >= 0.3 is 0 Å². The Bertz CT molecular complexity index is 576. The predicted molar refractivity (Wildman–Crippen MR) is 82.0 cm³/mol. The third-order valence-electron chi connectivity index (χ3n) is 2.84. The molecule has 0 aliphatic rings. The van der Waals surface area contributed by atoms with Crippen LogP contribution in [-0.2, 0) is 11.3 Å². The number of aromatic nitrogens is 3. The molecule has 0 spiro atoms. The van der Waals surface area contributed by atoms with E-state index in [2.05, 4.69) is 42.4 Å². The average molecular weight is 310 g/mol. The third-order valence-corrected chi connectivity index (χ3v) is 4.82. The number of rotatable bonds is 6. The van der Waals surface area contributed by atoms with Crippen LogP contribution in [-0.4, -0.2) is 26.4 Å². The number of nitrogens with zero attached hydrogens (tertiary/aromatic N) is 3. The van der Waals surface area contributed by atoms with Gasteiger partial charge in [-0.25, -0.2) is 0 Å². The van der Waals surface area contributed by atoms with Crippen LogP contribution in [0.25, 0.3) is 0 Å². The SMILES string of the molecule is Cc1ccsc1CNC(=O)CSc1nncn1C(C)C. The lowest BCUT2D eigenvalue weighted by atomic mass is 10.3. The fourth-order valence-corrected chi connectivity index (χ4v) is 3.35. The van der Waals surface area contributed by atoms with E-state index in [1.807, 2.05) is 9.95 Å². The Hall–Kier alpha value is -1.34. The van der Waals surface area contributed by atoms with Crippen molar-refractivity contribution in [3.05, 3.63) is 28.2 Å². The van der Waals surface area contributed by atoms with Crippen molar-refractivity contribution in [1.82, 2.24) is 20.1 Å². The minimum Gasteiger partial charge on any atom is -0.350 e. The van der Waals surface area contributed by atoms with Crippen LogP contribution in [0.1, 0.15) is 30.3 Å². The molecule has 2 rings (SSSR count). The highest BCUT2D eigenvalue weighted by Crippen LogP contribution is 2.19. The van der Waals surface area contributed by atoms with E-state index >= 15 is 0 Å². The molecule has 0 fully saturated rings. The predicted octanol–water partition coefficient (Wildman–Crippen LogP) is 2.64. The van der Waals surface area contributed by atoms with Crippen LogP contribution in [0.5, 0.6) is 0 Å². The molecule has 0 aliphatic carbocycles. The van der Waals surface area contributed by atoms with Crippen molar-refractivity contribution >= 4 is 29.0 Å². The van der Waals surface area contributed by atoms with Crippen molar-refractivity contribution in [3.63, 3.8) is 0 Å². The van der Waals surface area contributed by atoms with Crippen molar-refractivity contribution < 1.29 is 4.79 Å². The number of hydrogen-bond acceptors (Lipinski definition) is 5. The highest BCUT2D eigenvalue weighted by Gasteiger charge is 2.10. The fraction of sp³-hybridized carbons (Fsp3) is 0.462. The van der Waals surface area contributed by atoms with Gasteiger partial charge in [0, 0.05) is 10.9 Å². The van der Waals surface area contributed by atoms with Gasteiger partial charge in [-0.05, 0) is 37.8 Å². The molecule has 2 aromatic heterocycles. The van der Waals surface area contributed by atoms with E-state index < -0.39 is 0 Å². The number of thiophene rings is 1. The van der Waals surface area contributed by atoms with Crippen molar-refractivity contribution in [2.45, 2.75) is 38.5 Å². The van der Waals surface area contributed by atoms with E-state index in [1.54, 1.807) is 17.7 Å². The molecule has 5 nitrogen and oxygen atoms in total. The number of thioether (sulfide) groups is 1. The summed E-state index contributed by atoms with van der Waals surface area (Å²) in [5.41, 5.74) is 1.22. The van der Waals surface area contributed by atoms with Crippen LogP contribution in [0.2, 0.25) is 0 Å². The average Bonchev–Trinajstić information content (AvgIpc) is 3.02. The normalized spacial score (nSPS) is 11.0. The molecule has 0 atom stereocenters. The molecule has 0 radical (unpaired) electrons. The zero-order valence-corrected chi connectivity index (χ0v) is 13.4. The molecule has 0 bridgehead atoms. The summed E-state index contributed by atoms with van der Waals surface area (Å²) in [6.45, 7) is 6.78. The second kappa shape index (κ2) is 6.90. The second-order valence-electron chi connectivity index (χ2n) is 4.71. The highest BCUT2D eigenvalue weighted by atomic mass is 32.2. The number of carbonyl (C=O) groups excluding carboxylic acids is 1. The first-order chi connectivity index (χ1) is 9.58.